The minimum atomic E-state index is -0.484. The Morgan fingerprint density at radius 3 is 3.11 bits per heavy atom. The summed E-state index contributed by atoms with van der Waals surface area (Å²) < 4.78 is 4.52. The molecule has 0 aliphatic carbocycles. The predicted octanol–water partition coefficient (Wildman–Crippen LogP) is -0.572. The van der Waals surface area contributed by atoms with E-state index in [1.54, 1.807) is 6.11 Å². The zero-order chi connectivity index (χ0) is 6.69. The summed E-state index contributed by atoms with van der Waals surface area (Å²) in [4.78, 5) is 10.2. The second kappa shape index (κ2) is 2.27. The highest BCUT2D eigenvalue weighted by atomic mass is 16.6. The fourth-order valence-electron chi connectivity index (χ4n) is 0.541. The number of ether oxygens (including phenoxy) is 1. The number of rotatable bonds is 0. The highest BCUT2D eigenvalue weighted by Gasteiger charge is 2.19. The first-order valence-corrected chi connectivity index (χ1v) is 2.42. The first-order valence-electron chi connectivity index (χ1n) is 2.42. The summed E-state index contributed by atoms with van der Waals surface area (Å²) in [5, 5.41) is 10.4. The minimum absolute atomic E-state index is 0.354. The molecule has 0 spiro atoms. The van der Waals surface area contributed by atoms with Crippen LogP contribution < -0.4 is 5.32 Å². The maximum atomic E-state index is 10.2. The molecule has 4 nitrogen and oxygen atoms in total. The van der Waals surface area contributed by atoms with Crippen LogP contribution in [-0.4, -0.2) is 23.8 Å². The molecule has 0 unspecified atom stereocenters. The molecular formula is C5H5NO3. The van der Waals surface area contributed by atoms with Crippen molar-refractivity contribution in [1.29, 1.82) is 0 Å². The first-order chi connectivity index (χ1) is 4.33. The average Bonchev–Trinajstić information content (AvgIpc) is 2.17. The van der Waals surface area contributed by atoms with E-state index in [9.17, 15) is 4.79 Å². The molecule has 0 aromatic rings. The Morgan fingerprint density at radius 2 is 2.67 bits per heavy atom. The van der Waals surface area contributed by atoms with Crippen LogP contribution in [0.15, 0.2) is 0 Å². The Bertz CT molecular complexity index is 178. The highest BCUT2D eigenvalue weighted by Crippen LogP contribution is 1.96. The smallest absolute Gasteiger partial charge is 0.408 e. The first kappa shape index (κ1) is 5.76. The van der Waals surface area contributed by atoms with Gasteiger partial charge < -0.3 is 15.2 Å². The van der Waals surface area contributed by atoms with Gasteiger partial charge in [0.2, 0.25) is 0 Å². The Morgan fingerprint density at radius 1 is 1.89 bits per heavy atom. The van der Waals surface area contributed by atoms with Gasteiger partial charge in [0.05, 0.1) is 6.54 Å². The van der Waals surface area contributed by atoms with E-state index in [0.29, 0.717) is 6.54 Å². The van der Waals surface area contributed by atoms with E-state index in [2.05, 4.69) is 16.0 Å². The van der Waals surface area contributed by atoms with Crippen molar-refractivity contribution in [3.8, 4) is 12.0 Å². The number of hydrogen-bond acceptors (Lipinski definition) is 3. The van der Waals surface area contributed by atoms with E-state index < -0.39 is 12.2 Å². The Labute approximate surface area is 51.8 Å². The van der Waals surface area contributed by atoms with Gasteiger partial charge >= 0.3 is 6.09 Å². The molecule has 0 radical (unpaired) electrons. The van der Waals surface area contributed by atoms with Gasteiger partial charge in [-0.2, -0.15) is 0 Å². The molecule has 2 N–H and O–H groups in total. The molecule has 1 aliphatic rings. The van der Waals surface area contributed by atoms with Crippen molar-refractivity contribution < 1.29 is 14.6 Å². The van der Waals surface area contributed by atoms with Crippen LogP contribution >= 0.6 is 0 Å². The summed E-state index contributed by atoms with van der Waals surface area (Å²) in [5.41, 5.74) is 0. The van der Waals surface area contributed by atoms with E-state index in [1.807, 2.05) is 0 Å². The van der Waals surface area contributed by atoms with E-state index in [0.717, 1.165) is 0 Å². The Hall–Kier alpha value is -1.37. The summed E-state index contributed by atoms with van der Waals surface area (Å²) in [7, 11) is 0. The number of carbonyl (C=O) groups is 1. The molecule has 1 saturated heterocycles. The lowest BCUT2D eigenvalue weighted by Crippen LogP contribution is -2.13. The van der Waals surface area contributed by atoms with Gasteiger partial charge in [0.25, 0.3) is 0 Å². The van der Waals surface area contributed by atoms with Gasteiger partial charge in [-0.15, -0.1) is 0 Å². The normalized spacial score (nSPS) is 23.6. The van der Waals surface area contributed by atoms with Gasteiger partial charge in [-0.25, -0.2) is 4.79 Å². The zero-order valence-electron chi connectivity index (χ0n) is 4.55. The Kier molecular flexibility index (Phi) is 1.45. The van der Waals surface area contributed by atoms with E-state index in [1.165, 1.54) is 0 Å². The van der Waals surface area contributed by atoms with Gasteiger partial charge in [0, 0.05) is 0 Å². The molecule has 0 aromatic carbocycles. The van der Waals surface area contributed by atoms with Crippen LogP contribution in [0.5, 0.6) is 0 Å². The second-order valence-corrected chi connectivity index (χ2v) is 1.53. The van der Waals surface area contributed by atoms with Crippen LogP contribution in [0.1, 0.15) is 0 Å². The number of amides is 1. The lowest BCUT2D eigenvalue weighted by atomic mass is 10.4. The molecule has 1 amide bonds. The second-order valence-electron chi connectivity index (χ2n) is 1.53. The molecule has 0 bridgehead atoms. The van der Waals surface area contributed by atoms with Crippen LogP contribution in [0.3, 0.4) is 0 Å². The van der Waals surface area contributed by atoms with Gasteiger partial charge in [0.15, 0.2) is 6.10 Å². The monoisotopic (exact) mass is 127 g/mol. The van der Waals surface area contributed by atoms with Gasteiger partial charge in [-0.1, -0.05) is 0 Å². The molecule has 0 aromatic heterocycles. The molecule has 1 heterocycles. The van der Waals surface area contributed by atoms with Gasteiger partial charge in [-0.3, -0.25) is 0 Å². The number of cyclic esters (lactones) is 1. The SMILES string of the molecule is O=C1NC[C@H](C#CO)O1. The lowest BCUT2D eigenvalue weighted by Gasteiger charge is -1.92. The number of aliphatic hydroxyl groups is 1. The molecule has 0 saturated carbocycles. The third-order valence-electron chi connectivity index (χ3n) is 0.907. The standard InChI is InChI=1S/C5H5NO3/c7-2-1-4-3-6-5(8)9-4/h4,7H,3H2,(H,6,8)/t4-/m0/s1. The van der Waals surface area contributed by atoms with Crippen LogP contribution in [-0.2, 0) is 4.74 Å². The van der Waals surface area contributed by atoms with Gasteiger partial charge in [0.1, 0.15) is 6.11 Å². The summed E-state index contributed by atoms with van der Waals surface area (Å²) in [6.45, 7) is 0.354. The van der Waals surface area contributed by atoms with Crippen molar-refractivity contribution in [2.24, 2.45) is 0 Å². The summed E-state index contributed by atoms with van der Waals surface area (Å²) in [5.74, 6) is 2.27. The molecule has 1 aliphatic heterocycles. The van der Waals surface area contributed by atoms with E-state index in [-0.39, 0.29) is 0 Å². The number of nitrogens with one attached hydrogen (secondary N) is 1. The largest absolute Gasteiger partial charge is 0.462 e. The van der Waals surface area contributed by atoms with Crippen LogP contribution in [0.2, 0.25) is 0 Å². The van der Waals surface area contributed by atoms with Crippen molar-refractivity contribution >= 4 is 6.09 Å². The number of aliphatic hydroxyl groups excluding tert-OH is 1. The summed E-state index contributed by atoms with van der Waals surface area (Å²) >= 11 is 0. The van der Waals surface area contributed by atoms with Crippen molar-refractivity contribution in [3.63, 3.8) is 0 Å². The van der Waals surface area contributed by atoms with Crippen molar-refractivity contribution in [2.45, 2.75) is 6.10 Å². The maximum absolute atomic E-state index is 10.2. The number of alkyl carbamates (subject to hydrolysis) is 1. The van der Waals surface area contributed by atoms with Crippen molar-refractivity contribution in [2.75, 3.05) is 6.54 Å². The maximum Gasteiger partial charge on any atom is 0.408 e. The lowest BCUT2D eigenvalue weighted by molar-refractivity contribution is 0.161. The van der Waals surface area contributed by atoms with Crippen LogP contribution in [0.4, 0.5) is 4.79 Å². The van der Waals surface area contributed by atoms with Crippen LogP contribution in [0, 0.1) is 12.0 Å². The molecule has 48 valence electrons. The summed E-state index contributed by atoms with van der Waals surface area (Å²) in [6, 6.07) is 0. The quantitative estimate of drug-likeness (QED) is 0.428. The van der Waals surface area contributed by atoms with E-state index >= 15 is 0 Å². The predicted molar refractivity (Wildman–Crippen MR) is 28.0 cm³/mol. The fraction of sp³-hybridized carbons (Fsp3) is 0.400. The van der Waals surface area contributed by atoms with Crippen molar-refractivity contribution in [3.05, 3.63) is 0 Å². The molecule has 1 atom stereocenters. The average molecular weight is 127 g/mol. The molecule has 9 heavy (non-hydrogen) atoms. The number of carbonyl (C=O) groups excluding carboxylic acids is 1. The third-order valence-corrected chi connectivity index (χ3v) is 0.907. The minimum Gasteiger partial charge on any atom is -0.462 e. The fourth-order valence-corrected chi connectivity index (χ4v) is 0.541. The molecule has 1 rings (SSSR count). The highest BCUT2D eigenvalue weighted by molar-refractivity contribution is 5.69. The molecule has 1 fully saturated rings. The van der Waals surface area contributed by atoms with Crippen LogP contribution in [0.25, 0.3) is 0 Å². The number of hydrogen-bond donors (Lipinski definition) is 2. The third kappa shape index (κ3) is 1.26. The molecular weight excluding hydrogens is 122 g/mol. The van der Waals surface area contributed by atoms with Crippen molar-refractivity contribution in [1.82, 2.24) is 5.32 Å². The van der Waals surface area contributed by atoms with Gasteiger partial charge in [-0.05, 0) is 5.92 Å². The Balaban J connectivity index is 2.45. The topological polar surface area (TPSA) is 58.6 Å². The summed E-state index contributed by atoms with van der Waals surface area (Å²) in [6.07, 6.45) is 0.696. The zero-order valence-corrected chi connectivity index (χ0v) is 4.55. The molecule has 4 heteroatoms. The van der Waals surface area contributed by atoms with E-state index in [4.69, 9.17) is 5.11 Å².